The molecule has 1 fully saturated rings. The summed E-state index contributed by atoms with van der Waals surface area (Å²) < 4.78 is 19.3. The van der Waals surface area contributed by atoms with Gasteiger partial charge in [0.15, 0.2) is 5.69 Å². The molecule has 2 aromatic rings. The van der Waals surface area contributed by atoms with Crippen LogP contribution in [0.3, 0.4) is 0 Å². The summed E-state index contributed by atoms with van der Waals surface area (Å²) in [7, 11) is 0. The fourth-order valence-electron chi connectivity index (χ4n) is 4.67. The molecule has 0 bridgehead atoms. The topological polar surface area (TPSA) is 117 Å². The van der Waals surface area contributed by atoms with Gasteiger partial charge in [-0.3, -0.25) is 19.3 Å². The molecule has 0 unspecified atom stereocenters. The number of nitrogen functional groups attached to an aromatic ring is 1. The highest BCUT2D eigenvalue weighted by molar-refractivity contribution is 7.09. The van der Waals surface area contributed by atoms with E-state index in [2.05, 4.69) is 28.9 Å². The van der Waals surface area contributed by atoms with Crippen molar-refractivity contribution in [3.05, 3.63) is 40.7 Å². The Morgan fingerprint density at radius 1 is 1.16 bits per heavy atom. The van der Waals surface area contributed by atoms with Crippen LogP contribution in [0.1, 0.15) is 98.7 Å². The molecule has 0 spiro atoms. The van der Waals surface area contributed by atoms with E-state index in [9.17, 15) is 14.4 Å². The Balaban J connectivity index is 1.94. The number of halogens is 1. The summed E-state index contributed by atoms with van der Waals surface area (Å²) in [5, 5.41) is 5.90. The first-order chi connectivity index (χ1) is 18.2. The number of hydrogen-bond donors (Lipinski definition) is 3. The smallest absolute Gasteiger partial charge is 0.273 e. The minimum atomic E-state index is -0.951. The number of para-hydroxylation sites is 1. The van der Waals surface area contributed by atoms with Crippen molar-refractivity contribution in [2.24, 2.45) is 5.92 Å². The first-order valence-corrected chi connectivity index (χ1v) is 14.4. The van der Waals surface area contributed by atoms with Gasteiger partial charge in [-0.05, 0) is 55.3 Å². The third-order valence-corrected chi connectivity index (χ3v) is 7.73. The van der Waals surface area contributed by atoms with Gasteiger partial charge in [0.1, 0.15) is 16.7 Å². The number of anilines is 2. The van der Waals surface area contributed by atoms with Gasteiger partial charge in [-0.2, -0.15) is 4.37 Å². The molecule has 1 aromatic heterocycles. The zero-order valence-electron chi connectivity index (χ0n) is 22.6. The maximum atomic E-state index is 15.1. The Hall–Kier alpha value is -3.01. The van der Waals surface area contributed by atoms with Crippen LogP contribution in [-0.4, -0.2) is 40.7 Å². The van der Waals surface area contributed by atoms with Gasteiger partial charge in [-0.15, -0.1) is 0 Å². The predicted octanol–water partition coefficient (Wildman–Crippen LogP) is 5.29. The van der Waals surface area contributed by atoms with Crippen molar-refractivity contribution in [1.82, 2.24) is 15.0 Å². The first-order valence-electron chi connectivity index (χ1n) is 13.7. The standard InChI is InChI=1S/C28H40FN5O3S/c1-4-5-14-22(26(35)31-17-16-18(2)3)34(21-15-10-9-13-20(21)29)28(37)25-23(30)24(33-38-25)27(36)32-19-11-7-6-8-12-19/h9-10,13,15,18-19,22H,4-8,11-12,14,16-17,30H2,1-3H3,(H,31,35)(H,32,36)/t22-/m0/s1. The van der Waals surface area contributed by atoms with E-state index < -0.39 is 23.7 Å². The Kier molecular flexibility index (Phi) is 11.1. The number of rotatable bonds is 12. The quantitative estimate of drug-likeness (QED) is 0.335. The normalized spacial score (nSPS) is 14.8. The molecule has 3 amide bonds. The molecule has 1 atom stereocenters. The van der Waals surface area contributed by atoms with Crippen LogP contribution in [0, 0.1) is 11.7 Å². The van der Waals surface area contributed by atoms with Gasteiger partial charge in [0.25, 0.3) is 11.8 Å². The number of nitrogens with zero attached hydrogens (tertiary/aromatic N) is 2. The van der Waals surface area contributed by atoms with Gasteiger partial charge in [-0.1, -0.05) is 65.0 Å². The van der Waals surface area contributed by atoms with Crippen LogP contribution in [0.25, 0.3) is 0 Å². The molecule has 4 N–H and O–H groups in total. The number of nitrogens with two attached hydrogens (primary N) is 1. The molecule has 3 rings (SSSR count). The van der Waals surface area contributed by atoms with Gasteiger partial charge < -0.3 is 16.4 Å². The van der Waals surface area contributed by atoms with Gasteiger partial charge in [0.2, 0.25) is 5.91 Å². The van der Waals surface area contributed by atoms with E-state index in [1.54, 1.807) is 6.07 Å². The second-order valence-corrected chi connectivity index (χ2v) is 11.1. The maximum Gasteiger partial charge on any atom is 0.273 e. The molecule has 1 aliphatic carbocycles. The highest BCUT2D eigenvalue weighted by atomic mass is 32.1. The minimum Gasteiger partial charge on any atom is -0.395 e. The minimum absolute atomic E-state index is 0.0103. The monoisotopic (exact) mass is 545 g/mol. The Labute approximate surface area is 228 Å². The zero-order chi connectivity index (χ0) is 27.7. The van der Waals surface area contributed by atoms with Gasteiger partial charge in [0, 0.05) is 12.6 Å². The highest BCUT2D eigenvalue weighted by Gasteiger charge is 2.36. The SMILES string of the molecule is CCCC[C@@H](C(=O)NCCC(C)C)N(C(=O)c1snc(C(=O)NC2CCCCC2)c1N)c1ccccc1F. The number of benzene rings is 1. The first kappa shape index (κ1) is 29.5. The molecule has 208 valence electrons. The van der Waals surface area contributed by atoms with Crippen LogP contribution in [-0.2, 0) is 4.79 Å². The molecule has 8 nitrogen and oxygen atoms in total. The summed E-state index contributed by atoms with van der Waals surface area (Å²) in [6.45, 7) is 6.56. The van der Waals surface area contributed by atoms with Crippen LogP contribution >= 0.6 is 11.5 Å². The number of carbonyl (C=O) groups is 3. The number of unbranched alkanes of at least 4 members (excludes halogenated alkanes) is 1. The fraction of sp³-hybridized carbons (Fsp3) is 0.571. The van der Waals surface area contributed by atoms with Crippen molar-refractivity contribution in [2.75, 3.05) is 17.2 Å². The van der Waals surface area contributed by atoms with Gasteiger partial charge in [0.05, 0.1) is 11.4 Å². The van der Waals surface area contributed by atoms with E-state index in [0.29, 0.717) is 25.3 Å². The molecule has 0 saturated heterocycles. The van der Waals surface area contributed by atoms with E-state index in [-0.39, 0.29) is 33.9 Å². The molecular weight excluding hydrogens is 505 g/mol. The number of hydrogen-bond acceptors (Lipinski definition) is 6. The molecule has 0 radical (unpaired) electrons. The van der Waals surface area contributed by atoms with E-state index in [1.165, 1.54) is 23.1 Å². The predicted molar refractivity (Wildman–Crippen MR) is 150 cm³/mol. The van der Waals surface area contributed by atoms with E-state index in [1.807, 2.05) is 6.92 Å². The lowest BCUT2D eigenvalue weighted by atomic mass is 9.95. The van der Waals surface area contributed by atoms with Gasteiger partial charge in [-0.25, -0.2) is 4.39 Å². The average molecular weight is 546 g/mol. The summed E-state index contributed by atoms with van der Waals surface area (Å²) in [6.07, 6.45) is 7.63. The van der Waals surface area contributed by atoms with Crippen molar-refractivity contribution < 1.29 is 18.8 Å². The third-order valence-electron chi connectivity index (χ3n) is 6.87. The molecule has 1 aliphatic rings. The van der Waals surface area contributed by atoms with Crippen molar-refractivity contribution in [3.63, 3.8) is 0 Å². The van der Waals surface area contributed by atoms with E-state index >= 15 is 4.39 Å². The van der Waals surface area contributed by atoms with Crippen LogP contribution in [0.5, 0.6) is 0 Å². The third kappa shape index (κ3) is 7.52. The summed E-state index contributed by atoms with van der Waals surface area (Å²) in [5.41, 5.74) is 6.22. The molecular formula is C28H40FN5O3S. The second-order valence-electron chi connectivity index (χ2n) is 10.3. The van der Waals surface area contributed by atoms with Crippen LogP contribution in [0.2, 0.25) is 0 Å². The second kappa shape index (κ2) is 14.2. The lowest BCUT2D eigenvalue weighted by Gasteiger charge is -2.31. The zero-order valence-corrected chi connectivity index (χ0v) is 23.4. The summed E-state index contributed by atoms with van der Waals surface area (Å²) >= 11 is 0.797. The molecule has 1 saturated carbocycles. The molecule has 0 aliphatic heterocycles. The molecule has 1 aromatic carbocycles. The lowest BCUT2D eigenvalue weighted by Crippen LogP contribution is -2.50. The summed E-state index contributed by atoms with van der Waals surface area (Å²) in [4.78, 5) is 41.5. The van der Waals surface area contributed by atoms with Crippen molar-refractivity contribution in [2.45, 2.75) is 90.6 Å². The van der Waals surface area contributed by atoms with Crippen molar-refractivity contribution in [3.8, 4) is 0 Å². The van der Waals surface area contributed by atoms with Crippen LogP contribution in [0.15, 0.2) is 24.3 Å². The van der Waals surface area contributed by atoms with Crippen molar-refractivity contribution >= 4 is 40.6 Å². The largest absolute Gasteiger partial charge is 0.395 e. The lowest BCUT2D eigenvalue weighted by molar-refractivity contribution is -0.122. The highest BCUT2D eigenvalue weighted by Crippen LogP contribution is 2.31. The molecule has 10 heteroatoms. The summed E-state index contributed by atoms with van der Waals surface area (Å²) in [5.74, 6) is -1.66. The Morgan fingerprint density at radius 2 is 1.87 bits per heavy atom. The fourth-order valence-corrected chi connectivity index (χ4v) is 5.40. The number of amides is 3. The maximum absolute atomic E-state index is 15.1. The average Bonchev–Trinajstić information content (AvgIpc) is 3.28. The number of aromatic nitrogens is 1. The van der Waals surface area contributed by atoms with Crippen LogP contribution in [0.4, 0.5) is 15.8 Å². The van der Waals surface area contributed by atoms with E-state index in [0.717, 1.165) is 56.5 Å². The molecule has 1 heterocycles. The Morgan fingerprint density at radius 3 is 2.53 bits per heavy atom. The molecule has 38 heavy (non-hydrogen) atoms. The Bertz CT molecular complexity index is 1100. The van der Waals surface area contributed by atoms with E-state index in [4.69, 9.17) is 5.73 Å². The summed E-state index contributed by atoms with van der Waals surface area (Å²) in [6, 6.07) is 4.97. The number of carbonyl (C=O) groups excluding carboxylic acids is 3. The number of nitrogens with one attached hydrogen (secondary N) is 2. The van der Waals surface area contributed by atoms with Crippen LogP contribution < -0.4 is 21.3 Å². The van der Waals surface area contributed by atoms with Gasteiger partial charge >= 0.3 is 0 Å². The van der Waals surface area contributed by atoms with Crippen molar-refractivity contribution in [1.29, 1.82) is 0 Å².